The number of rotatable bonds is 5. The molecule has 2 aromatic rings. The lowest BCUT2D eigenvalue weighted by molar-refractivity contribution is -0.137. The van der Waals surface area contributed by atoms with Crippen molar-refractivity contribution >= 4 is 15.7 Å². The minimum absolute atomic E-state index is 0.134. The fourth-order valence-corrected chi connectivity index (χ4v) is 4.96. The Balaban J connectivity index is 1.83. The largest absolute Gasteiger partial charge is 0.511 e. The van der Waals surface area contributed by atoms with Gasteiger partial charge >= 0.3 is 21.7 Å². The average Bonchev–Trinajstić information content (AvgIpc) is 3.38. The molecule has 1 aliphatic heterocycles. The zero-order chi connectivity index (χ0) is 23.3. The van der Waals surface area contributed by atoms with E-state index in [1.807, 2.05) is 0 Å². The van der Waals surface area contributed by atoms with Gasteiger partial charge in [0.2, 0.25) is 0 Å². The standard InChI is InChI=1S/C19H20F6N4O2S/c20-18(21,22)14-3-4-17-13(6-14)8-28(32(30,31)19(23,24)25)10-16(5-12-1-2-12)29(17)9-15-7-26-11-27-15/h3-4,6-7,11-12,16H,1-2,5,8-10H2,(H,26,27)/t16-/m1/s1. The van der Waals surface area contributed by atoms with Crippen molar-refractivity contribution in [1.82, 2.24) is 14.3 Å². The van der Waals surface area contributed by atoms with Crippen LogP contribution < -0.4 is 4.90 Å². The molecular formula is C19H20F6N4O2S. The number of hydrogen-bond acceptors (Lipinski definition) is 4. The smallest absolute Gasteiger partial charge is 0.361 e. The summed E-state index contributed by atoms with van der Waals surface area (Å²) in [7, 11) is -5.74. The van der Waals surface area contributed by atoms with E-state index < -0.39 is 46.4 Å². The summed E-state index contributed by atoms with van der Waals surface area (Å²) in [5.41, 5.74) is -5.87. The summed E-state index contributed by atoms with van der Waals surface area (Å²) in [4.78, 5) is 8.48. The molecule has 1 fully saturated rings. The molecule has 2 heterocycles. The Morgan fingerprint density at radius 1 is 1.12 bits per heavy atom. The molecule has 13 heteroatoms. The molecule has 6 nitrogen and oxygen atoms in total. The first kappa shape index (κ1) is 22.9. The van der Waals surface area contributed by atoms with Gasteiger partial charge < -0.3 is 9.88 Å². The average molecular weight is 482 g/mol. The van der Waals surface area contributed by atoms with Crippen molar-refractivity contribution < 1.29 is 34.8 Å². The number of nitrogens with zero attached hydrogens (tertiary/aromatic N) is 3. The molecule has 0 amide bonds. The molecule has 32 heavy (non-hydrogen) atoms. The molecule has 0 saturated heterocycles. The molecule has 0 spiro atoms. The minimum Gasteiger partial charge on any atom is -0.361 e. The van der Waals surface area contributed by atoms with Gasteiger partial charge in [-0.1, -0.05) is 12.8 Å². The number of halogens is 6. The summed E-state index contributed by atoms with van der Waals surface area (Å²) in [5, 5.41) is 0. The third kappa shape index (κ3) is 4.58. The van der Waals surface area contributed by atoms with Crippen LogP contribution in [0.2, 0.25) is 0 Å². The summed E-state index contributed by atoms with van der Waals surface area (Å²) < 4.78 is 105. The number of H-pyrrole nitrogens is 1. The first-order valence-electron chi connectivity index (χ1n) is 9.86. The van der Waals surface area contributed by atoms with Gasteiger partial charge in [-0.15, -0.1) is 0 Å². The van der Waals surface area contributed by atoms with Gasteiger partial charge in [0.05, 0.1) is 24.1 Å². The van der Waals surface area contributed by atoms with Gasteiger partial charge in [-0.05, 0) is 36.1 Å². The number of benzene rings is 1. The van der Waals surface area contributed by atoms with E-state index in [0.29, 0.717) is 12.1 Å². The van der Waals surface area contributed by atoms with E-state index in [-0.39, 0.29) is 28.0 Å². The molecule has 1 atom stereocenters. The third-order valence-corrected chi connectivity index (χ3v) is 7.29. The van der Waals surface area contributed by atoms with Gasteiger partial charge in [-0.25, -0.2) is 13.4 Å². The molecule has 1 aromatic heterocycles. The molecule has 0 unspecified atom stereocenters. The lowest BCUT2D eigenvalue weighted by atomic mass is 10.0. The topological polar surface area (TPSA) is 69.3 Å². The van der Waals surface area contributed by atoms with E-state index in [1.165, 1.54) is 18.6 Å². The molecule has 1 aliphatic carbocycles. The van der Waals surface area contributed by atoms with Gasteiger partial charge in [0, 0.05) is 31.0 Å². The van der Waals surface area contributed by atoms with Crippen LogP contribution in [0, 0.1) is 5.92 Å². The number of imidazole rings is 1. The molecule has 0 bridgehead atoms. The lowest BCUT2D eigenvalue weighted by Gasteiger charge is -2.34. The highest BCUT2D eigenvalue weighted by molar-refractivity contribution is 7.89. The molecule has 1 saturated carbocycles. The van der Waals surface area contributed by atoms with Crippen LogP contribution in [0.1, 0.15) is 36.1 Å². The van der Waals surface area contributed by atoms with E-state index in [2.05, 4.69) is 9.97 Å². The van der Waals surface area contributed by atoms with E-state index >= 15 is 0 Å². The van der Waals surface area contributed by atoms with Gasteiger partial charge in [-0.2, -0.15) is 30.6 Å². The zero-order valence-corrected chi connectivity index (χ0v) is 17.4. The second kappa shape index (κ2) is 7.94. The fraction of sp³-hybridized carbons (Fsp3) is 0.526. The van der Waals surface area contributed by atoms with Crippen LogP contribution in [0.25, 0.3) is 0 Å². The normalized spacial score (nSPS) is 20.8. The van der Waals surface area contributed by atoms with Crippen molar-refractivity contribution in [2.24, 2.45) is 5.92 Å². The van der Waals surface area contributed by atoms with Gasteiger partial charge in [0.1, 0.15) is 0 Å². The highest BCUT2D eigenvalue weighted by Crippen LogP contribution is 2.42. The highest BCUT2D eigenvalue weighted by Gasteiger charge is 2.51. The monoisotopic (exact) mass is 482 g/mol. The Kier molecular flexibility index (Phi) is 5.68. The van der Waals surface area contributed by atoms with E-state index in [9.17, 15) is 34.8 Å². The zero-order valence-electron chi connectivity index (χ0n) is 16.6. The summed E-state index contributed by atoms with van der Waals surface area (Å²) in [6, 6.07) is 2.15. The number of sulfonamides is 1. The Morgan fingerprint density at radius 3 is 2.41 bits per heavy atom. The fourth-order valence-electron chi connectivity index (χ4n) is 3.99. The summed E-state index contributed by atoms with van der Waals surface area (Å²) in [5.74, 6) is 0.232. The Bertz CT molecular complexity index is 1060. The van der Waals surface area contributed by atoms with Crippen LogP contribution in [0.5, 0.6) is 0 Å². The van der Waals surface area contributed by atoms with Gasteiger partial charge in [0.15, 0.2) is 0 Å². The lowest BCUT2D eigenvalue weighted by Crippen LogP contribution is -2.47. The Hall–Kier alpha value is -2.28. The van der Waals surface area contributed by atoms with Crippen molar-refractivity contribution in [3.05, 3.63) is 47.5 Å². The maximum atomic E-state index is 13.4. The second-order valence-electron chi connectivity index (χ2n) is 8.12. The SMILES string of the molecule is O=S(=O)(N1Cc2cc(C(F)(F)F)ccc2N(Cc2cnc[nH]2)[C@H](CC2CC2)C1)C(F)(F)F. The molecular weight excluding hydrogens is 462 g/mol. The van der Waals surface area contributed by atoms with Crippen molar-refractivity contribution in [2.75, 3.05) is 11.4 Å². The third-order valence-electron chi connectivity index (χ3n) is 5.75. The van der Waals surface area contributed by atoms with Crippen molar-refractivity contribution in [1.29, 1.82) is 0 Å². The maximum Gasteiger partial charge on any atom is 0.511 e. The molecule has 4 rings (SSSR count). The summed E-state index contributed by atoms with van der Waals surface area (Å²) in [6.07, 6.45) is 0.375. The predicted molar refractivity (Wildman–Crippen MR) is 103 cm³/mol. The quantitative estimate of drug-likeness (QED) is 0.647. The summed E-state index contributed by atoms with van der Waals surface area (Å²) in [6.45, 7) is -1.15. The molecule has 0 radical (unpaired) electrons. The molecule has 1 aromatic carbocycles. The van der Waals surface area contributed by atoms with Crippen LogP contribution in [0.15, 0.2) is 30.7 Å². The van der Waals surface area contributed by atoms with Crippen molar-refractivity contribution in [3.8, 4) is 0 Å². The van der Waals surface area contributed by atoms with Gasteiger partial charge in [-0.3, -0.25) is 0 Å². The minimum atomic E-state index is -5.74. The number of alkyl halides is 6. The molecule has 1 N–H and O–H groups in total. The number of nitrogens with one attached hydrogen (secondary N) is 1. The van der Waals surface area contributed by atoms with Crippen LogP contribution in [-0.2, 0) is 29.3 Å². The second-order valence-corrected chi connectivity index (χ2v) is 10.1. The highest BCUT2D eigenvalue weighted by atomic mass is 32.2. The van der Waals surface area contributed by atoms with Crippen LogP contribution in [0.4, 0.5) is 32.0 Å². The van der Waals surface area contributed by atoms with Crippen molar-refractivity contribution in [3.63, 3.8) is 0 Å². The van der Waals surface area contributed by atoms with E-state index in [1.54, 1.807) is 4.90 Å². The molecule has 2 aliphatic rings. The van der Waals surface area contributed by atoms with E-state index in [4.69, 9.17) is 0 Å². The number of anilines is 1. The number of hydrogen-bond donors (Lipinski definition) is 1. The van der Waals surface area contributed by atoms with Gasteiger partial charge in [0.25, 0.3) is 0 Å². The van der Waals surface area contributed by atoms with Crippen LogP contribution >= 0.6 is 0 Å². The number of aromatic amines is 1. The Labute approximate surface area is 180 Å². The maximum absolute atomic E-state index is 13.4. The first-order chi connectivity index (χ1) is 14.9. The van der Waals surface area contributed by atoms with Crippen LogP contribution in [0.3, 0.4) is 0 Å². The summed E-state index contributed by atoms with van der Waals surface area (Å²) >= 11 is 0. The predicted octanol–water partition coefficient (Wildman–Crippen LogP) is 4.27. The molecule has 176 valence electrons. The Morgan fingerprint density at radius 2 is 1.84 bits per heavy atom. The van der Waals surface area contributed by atoms with Crippen LogP contribution in [-0.4, -0.2) is 40.8 Å². The first-order valence-corrected chi connectivity index (χ1v) is 11.3. The van der Waals surface area contributed by atoms with Crippen molar-refractivity contribution in [2.45, 2.75) is 50.1 Å². The van der Waals surface area contributed by atoms with E-state index in [0.717, 1.165) is 25.0 Å². The number of aromatic nitrogens is 2. The number of fused-ring (bicyclic) bond motifs is 1.